The Morgan fingerprint density at radius 2 is 2.30 bits per heavy atom. The highest BCUT2D eigenvalue weighted by Gasteiger charge is 2.47. The molecule has 1 aromatic heterocycles. The van der Waals surface area contributed by atoms with Gasteiger partial charge in [0.05, 0.1) is 23.5 Å². The summed E-state index contributed by atoms with van der Waals surface area (Å²) in [6.07, 6.45) is -0.0651. The number of hydrogen-bond donors (Lipinski definition) is 1. The SMILES string of the molecule is CC(C)S(=O)(=O)N1C[C@@H]2[C@@H](CNC(=O)c3cscn3)CO[C@@H]2C1. The Morgan fingerprint density at radius 3 is 2.96 bits per heavy atom. The Hall–Kier alpha value is -1.03. The lowest BCUT2D eigenvalue weighted by atomic mass is 9.93. The van der Waals surface area contributed by atoms with Crippen LogP contribution in [0.25, 0.3) is 0 Å². The highest BCUT2D eigenvalue weighted by molar-refractivity contribution is 7.89. The van der Waals surface area contributed by atoms with Gasteiger partial charge in [0.15, 0.2) is 0 Å². The predicted octanol–water partition coefficient (Wildman–Crippen LogP) is 0.558. The van der Waals surface area contributed by atoms with E-state index in [1.54, 1.807) is 24.7 Å². The lowest BCUT2D eigenvalue weighted by Crippen LogP contribution is -2.37. The second-order valence-corrected chi connectivity index (χ2v) is 9.50. The van der Waals surface area contributed by atoms with Gasteiger partial charge in [0, 0.05) is 36.9 Å². The molecule has 2 aliphatic rings. The van der Waals surface area contributed by atoms with Crippen molar-refractivity contribution >= 4 is 27.3 Å². The number of hydrogen-bond acceptors (Lipinski definition) is 6. The Labute approximate surface area is 140 Å². The number of amides is 1. The molecule has 0 aliphatic carbocycles. The number of carbonyl (C=O) groups is 1. The van der Waals surface area contributed by atoms with E-state index >= 15 is 0 Å². The van der Waals surface area contributed by atoms with Crippen molar-refractivity contribution in [2.75, 3.05) is 26.2 Å². The molecule has 9 heteroatoms. The summed E-state index contributed by atoms with van der Waals surface area (Å²) < 4.78 is 31.8. The second kappa shape index (κ2) is 6.46. The minimum absolute atomic E-state index is 0.0651. The summed E-state index contributed by atoms with van der Waals surface area (Å²) >= 11 is 1.38. The first kappa shape index (κ1) is 16.8. The first-order valence-electron chi connectivity index (χ1n) is 7.66. The van der Waals surface area contributed by atoms with Crippen LogP contribution in [-0.4, -0.2) is 61.2 Å². The quantitative estimate of drug-likeness (QED) is 0.830. The molecule has 2 fully saturated rings. The van der Waals surface area contributed by atoms with Crippen LogP contribution in [0.4, 0.5) is 0 Å². The molecule has 1 N–H and O–H groups in total. The fourth-order valence-electron chi connectivity index (χ4n) is 3.12. The van der Waals surface area contributed by atoms with Gasteiger partial charge in [0.2, 0.25) is 10.0 Å². The standard InChI is InChI=1S/C14H21N3O4S2/c1-9(2)23(19,20)17-4-11-10(6-21-13(11)5-17)3-15-14(18)12-7-22-8-16-12/h7-11,13H,3-6H2,1-2H3,(H,15,18)/t10-,11+,13+/m0/s1. The summed E-state index contributed by atoms with van der Waals surface area (Å²) in [5.41, 5.74) is 2.04. The molecule has 0 bridgehead atoms. The predicted molar refractivity (Wildman–Crippen MR) is 86.8 cm³/mol. The fourth-order valence-corrected chi connectivity index (χ4v) is 4.98. The zero-order valence-corrected chi connectivity index (χ0v) is 14.8. The van der Waals surface area contributed by atoms with E-state index in [4.69, 9.17) is 4.74 Å². The molecular formula is C14H21N3O4S2. The van der Waals surface area contributed by atoms with Crippen molar-refractivity contribution in [1.29, 1.82) is 0 Å². The Morgan fingerprint density at radius 1 is 1.52 bits per heavy atom. The lowest BCUT2D eigenvalue weighted by Gasteiger charge is -2.21. The van der Waals surface area contributed by atoms with Gasteiger partial charge in [-0.05, 0) is 13.8 Å². The molecular weight excluding hydrogens is 338 g/mol. The van der Waals surface area contributed by atoms with Crippen molar-refractivity contribution in [3.63, 3.8) is 0 Å². The Kier molecular flexibility index (Phi) is 4.73. The van der Waals surface area contributed by atoms with Crippen LogP contribution < -0.4 is 5.32 Å². The molecule has 23 heavy (non-hydrogen) atoms. The number of sulfonamides is 1. The zero-order valence-electron chi connectivity index (χ0n) is 13.1. The van der Waals surface area contributed by atoms with Crippen LogP contribution in [0, 0.1) is 11.8 Å². The van der Waals surface area contributed by atoms with E-state index < -0.39 is 15.3 Å². The molecule has 2 saturated heterocycles. The van der Waals surface area contributed by atoms with Crippen LogP contribution in [0.1, 0.15) is 24.3 Å². The maximum Gasteiger partial charge on any atom is 0.270 e. The maximum absolute atomic E-state index is 12.3. The van der Waals surface area contributed by atoms with Gasteiger partial charge in [0.1, 0.15) is 5.69 Å². The van der Waals surface area contributed by atoms with E-state index in [2.05, 4.69) is 10.3 Å². The van der Waals surface area contributed by atoms with Gasteiger partial charge in [0.25, 0.3) is 5.91 Å². The highest BCUT2D eigenvalue weighted by Crippen LogP contribution is 2.35. The van der Waals surface area contributed by atoms with Crippen LogP contribution in [0.15, 0.2) is 10.9 Å². The Balaban J connectivity index is 1.58. The number of nitrogens with one attached hydrogen (secondary N) is 1. The van der Waals surface area contributed by atoms with Crippen molar-refractivity contribution in [3.8, 4) is 0 Å². The molecule has 0 aromatic carbocycles. The topological polar surface area (TPSA) is 88.6 Å². The first-order chi connectivity index (χ1) is 10.9. The van der Waals surface area contributed by atoms with Crippen molar-refractivity contribution in [2.24, 2.45) is 11.8 Å². The molecule has 128 valence electrons. The molecule has 3 rings (SSSR count). The normalized spacial score (nSPS) is 28.2. The summed E-state index contributed by atoms with van der Waals surface area (Å²) in [7, 11) is -3.25. The van der Waals surface area contributed by atoms with Gasteiger partial charge in [-0.3, -0.25) is 4.79 Å². The highest BCUT2D eigenvalue weighted by atomic mass is 32.2. The molecule has 1 amide bonds. The minimum atomic E-state index is -3.25. The number of aromatic nitrogens is 1. The lowest BCUT2D eigenvalue weighted by molar-refractivity contribution is 0.0928. The van der Waals surface area contributed by atoms with E-state index in [1.165, 1.54) is 15.6 Å². The van der Waals surface area contributed by atoms with Gasteiger partial charge in [-0.1, -0.05) is 0 Å². The van der Waals surface area contributed by atoms with Crippen molar-refractivity contribution in [2.45, 2.75) is 25.2 Å². The maximum atomic E-state index is 12.3. The van der Waals surface area contributed by atoms with E-state index in [9.17, 15) is 13.2 Å². The van der Waals surface area contributed by atoms with Crippen LogP contribution in [-0.2, 0) is 14.8 Å². The molecule has 1 aromatic rings. The summed E-state index contributed by atoms with van der Waals surface area (Å²) in [5.74, 6) is 0.0774. The molecule has 0 unspecified atom stereocenters. The number of thiazole rings is 1. The van der Waals surface area contributed by atoms with Crippen LogP contribution >= 0.6 is 11.3 Å². The van der Waals surface area contributed by atoms with E-state index in [1.807, 2.05) is 0 Å². The van der Waals surface area contributed by atoms with Crippen molar-refractivity contribution in [1.82, 2.24) is 14.6 Å². The number of rotatable bonds is 5. The van der Waals surface area contributed by atoms with Crippen LogP contribution in [0.5, 0.6) is 0 Å². The van der Waals surface area contributed by atoms with Gasteiger partial charge in [-0.15, -0.1) is 11.3 Å². The summed E-state index contributed by atoms with van der Waals surface area (Å²) in [5, 5.41) is 4.15. The third-order valence-corrected chi connectivity index (χ3v) is 7.35. The summed E-state index contributed by atoms with van der Waals surface area (Å²) in [4.78, 5) is 15.9. The molecule has 0 radical (unpaired) electrons. The van der Waals surface area contributed by atoms with Gasteiger partial charge in [-0.25, -0.2) is 13.4 Å². The fraction of sp³-hybridized carbons (Fsp3) is 0.714. The van der Waals surface area contributed by atoms with Crippen molar-refractivity contribution in [3.05, 3.63) is 16.6 Å². The van der Waals surface area contributed by atoms with Crippen LogP contribution in [0.3, 0.4) is 0 Å². The average molecular weight is 359 g/mol. The monoisotopic (exact) mass is 359 g/mol. The van der Waals surface area contributed by atoms with Gasteiger partial charge < -0.3 is 10.1 Å². The molecule has 0 saturated carbocycles. The van der Waals surface area contributed by atoms with E-state index in [0.29, 0.717) is 31.9 Å². The number of fused-ring (bicyclic) bond motifs is 1. The smallest absolute Gasteiger partial charge is 0.270 e. The number of nitrogens with zero attached hydrogens (tertiary/aromatic N) is 2. The van der Waals surface area contributed by atoms with Gasteiger partial charge in [-0.2, -0.15) is 4.31 Å². The number of ether oxygens (including phenoxy) is 1. The first-order valence-corrected chi connectivity index (χ1v) is 10.1. The third-order valence-electron chi connectivity index (χ3n) is 4.55. The van der Waals surface area contributed by atoms with E-state index in [-0.39, 0.29) is 23.8 Å². The molecule has 3 atom stereocenters. The second-order valence-electron chi connectivity index (χ2n) is 6.29. The van der Waals surface area contributed by atoms with E-state index in [0.717, 1.165) is 0 Å². The number of carbonyl (C=O) groups excluding carboxylic acids is 1. The molecule has 2 aliphatic heterocycles. The van der Waals surface area contributed by atoms with Gasteiger partial charge >= 0.3 is 0 Å². The zero-order chi connectivity index (χ0) is 16.6. The molecule has 3 heterocycles. The van der Waals surface area contributed by atoms with Crippen LogP contribution in [0.2, 0.25) is 0 Å². The summed E-state index contributed by atoms with van der Waals surface area (Å²) in [6, 6.07) is 0. The third kappa shape index (κ3) is 3.28. The molecule has 7 nitrogen and oxygen atoms in total. The largest absolute Gasteiger partial charge is 0.376 e. The average Bonchev–Trinajstić information content (AvgIpc) is 3.21. The summed E-state index contributed by atoms with van der Waals surface area (Å²) in [6.45, 7) is 5.31. The Bertz CT molecular complexity index is 660. The minimum Gasteiger partial charge on any atom is -0.376 e. The molecule has 0 spiro atoms. The van der Waals surface area contributed by atoms with Crippen molar-refractivity contribution < 1.29 is 17.9 Å².